The molecule has 2 amide bonds. The molecule has 5 aliphatic rings. The van der Waals surface area contributed by atoms with E-state index in [-0.39, 0.29) is 54.0 Å². The first kappa shape index (κ1) is 34.7. The number of rotatable bonds is 3. The molecule has 5 fully saturated rings. The van der Waals surface area contributed by atoms with Gasteiger partial charge in [-0.05, 0) is 104 Å². The number of nitrogens with one attached hydrogen (secondary N) is 1. The van der Waals surface area contributed by atoms with Gasteiger partial charge in [-0.15, -0.1) is 0 Å². The number of aliphatic hydroxyl groups is 1. The van der Waals surface area contributed by atoms with Crippen molar-refractivity contribution < 1.29 is 23.9 Å². The van der Waals surface area contributed by atoms with Crippen molar-refractivity contribution in [3.63, 3.8) is 0 Å². The highest BCUT2D eigenvalue weighted by molar-refractivity contribution is 5.96. The highest BCUT2D eigenvalue weighted by atomic mass is 19.1. The van der Waals surface area contributed by atoms with Crippen molar-refractivity contribution in [2.45, 2.75) is 83.7 Å². The first-order valence-corrected chi connectivity index (χ1v) is 19.0. The van der Waals surface area contributed by atoms with E-state index in [1.54, 1.807) is 28.0 Å². The van der Waals surface area contributed by atoms with Crippen LogP contribution in [0.15, 0.2) is 47.3 Å². The van der Waals surface area contributed by atoms with Gasteiger partial charge in [0.1, 0.15) is 17.2 Å². The monoisotopic (exact) mass is 706 g/mol. The van der Waals surface area contributed by atoms with Gasteiger partial charge in [0.05, 0.1) is 16.6 Å². The fourth-order valence-corrected chi connectivity index (χ4v) is 11.1. The molecule has 10 heteroatoms. The summed E-state index contributed by atoms with van der Waals surface area (Å²) in [4.78, 5) is 54.6. The average Bonchev–Trinajstić information content (AvgIpc) is 3.42. The molecule has 1 aromatic heterocycles. The minimum atomic E-state index is -1.24. The molecule has 0 spiro atoms. The molecular weight excluding hydrogens is 659 g/mol. The zero-order valence-electron chi connectivity index (χ0n) is 30.1. The number of fused-ring (bicyclic) bond motifs is 6. The van der Waals surface area contributed by atoms with Gasteiger partial charge in [-0.1, -0.05) is 44.0 Å². The Hall–Kier alpha value is -4.36. The number of aromatic amines is 1. The van der Waals surface area contributed by atoms with E-state index in [4.69, 9.17) is 0 Å². The summed E-state index contributed by atoms with van der Waals surface area (Å²) in [7, 11) is 0. The second-order valence-electron chi connectivity index (χ2n) is 16.6. The molecule has 1 saturated heterocycles. The Morgan fingerprint density at radius 2 is 1.67 bits per heavy atom. The van der Waals surface area contributed by atoms with Gasteiger partial charge < -0.3 is 14.9 Å². The summed E-state index contributed by atoms with van der Waals surface area (Å²) in [6, 6.07) is 11.6. The van der Waals surface area contributed by atoms with Gasteiger partial charge in [-0.2, -0.15) is 5.10 Å². The highest BCUT2D eigenvalue weighted by Crippen LogP contribution is 2.68. The summed E-state index contributed by atoms with van der Waals surface area (Å²) in [6.45, 7) is 5.59. The zero-order valence-corrected chi connectivity index (χ0v) is 30.1. The van der Waals surface area contributed by atoms with E-state index in [9.17, 15) is 24.3 Å². The van der Waals surface area contributed by atoms with Crippen LogP contribution in [0.5, 0.6) is 0 Å². The smallest absolute Gasteiger partial charge is 0.298 e. The normalized spacial score (nSPS) is 32.7. The molecule has 52 heavy (non-hydrogen) atoms. The molecular formula is C42H47FN4O5. The number of halogens is 1. The molecule has 0 radical (unpaired) electrons. The summed E-state index contributed by atoms with van der Waals surface area (Å²) < 4.78 is 15.0. The maximum absolute atomic E-state index is 15.0. The fourth-order valence-electron chi connectivity index (χ4n) is 11.1. The topological polar surface area (TPSA) is 124 Å². The van der Waals surface area contributed by atoms with Crippen LogP contribution in [0.1, 0.15) is 93.3 Å². The molecule has 9 nitrogen and oxygen atoms in total. The number of carbonyl (C=O) groups excluding carboxylic acids is 3. The molecule has 8 rings (SSSR count). The maximum atomic E-state index is 15.0. The number of ketones is 1. The van der Waals surface area contributed by atoms with E-state index in [0.29, 0.717) is 70.7 Å². The van der Waals surface area contributed by atoms with E-state index in [1.165, 1.54) is 12.1 Å². The van der Waals surface area contributed by atoms with Crippen molar-refractivity contribution in [3.8, 4) is 11.8 Å². The largest absolute Gasteiger partial charge is 0.377 e. The molecule has 4 aliphatic carbocycles. The number of aromatic nitrogens is 2. The Morgan fingerprint density at radius 3 is 2.46 bits per heavy atom. The molecule has 4 saturated carbocycles. The van der Waals surface area contributed by atoms with Crippen LogP contribution in [0.2, 0.25) is 0 Å². The average molecular weight is 707 g/mol. The minimum Gasteiger partial charge on any atom is -0.377 e. The number of piperazine rings is 1. The Morgan fingerprint density at radius 1 is 0.942 bits per heavy atom. The zero-order chi connectivity index (χ0) is 36.4. The lowest BCUT2D eigenvalue weighted by molar-refractivity contribution is -0.147. The van der Waals surface area contributed by atoms with Crippen LogP contribution >= 0.6 is 0 Å². The van der Waals surface area contributed by atoms with Gasteiger partial charge in [0.2, 0.25) is 0 Å². The second-order valence-corrected chi connectivity index (χ2v) is 16.6. The van der Waals surface area contributed by atoms with Gasteiger partial charge in [-0.3, -0.25) is 19.2 Å². The van der Waals surface area contributed by atoms with Crippen LogP contribution < -0.4 is 5.56 Å². The lowest BCUT2D eigenvalue weighted by Crippen LogP contribution is -2.56. The van der Waals surface area contributed by atoms with Crippen LogP contribution in [-0.4, -0.2) is 74.5 Å². The summed E-state index contributed by atoms with van der Waals surface area (Å²) in [6.07, 6.45) is 8.21. The Labute approximate surface area is 303 Å². The third-order valence-corrected chi connectivity index (χ3v) is 14.3. The van der Waals surface area contributed by atoms with Gasteiger partial charge in [-0.25, -0.2) is 9.49 Å². The number of carbonyl (C=O) groups is 3. The number of Topliss-reactive ketones (excluding diaryl/α,β-unsaturated/α-hetero) is 1. The molecule has 2 heterocycles. The van der Waals surface area contributed by atoms with E-state index >= 15 is 4.39 Å². The summed E-state index contributed by atoms with van der Waals surface area (Å²) in [5, 5.41) is 20.0. The third kappa shape index (κ3) is 5.67. The molecule has 0 unspecified atom stereocenters. The molecule has 2 N–H and O–H groups in total. The van der Waals surface area contributed by atoms with E-state index in [1.807, 2.05) is 12.1 Å². The highest BCUT2D eigenvalue weighted by Gasteiger charge is 2.64. The van der Waals surface area contributed by atoms with Crippen molar-refractivity contribution in [3.05, 3.63) is 75.5 Å². The number of nitrogens with zero attached hydrogens (tertiary/aromatic N) is 3. The molecule has 272 valence electrons. The van der Waals surface area contributed by atoms with E-state index < -0.39 is 17.3 Å². The predicted octanol–water partition coefficient (Wildman–Crippen LogP) is 5.28. The van der Waals surface area contributed by atoms with Crippen molar-refractivity contribution in [2.75, 3.05) is 26.2 Å². The lowest BCUT2D eigenvalue weighted by Gasteiger charge is -2.60. The molecule has 7 atom stereocenters. The first-order valence-electron chi connectivity index (χ1n) is 19.0. The number of amides is 2. The van der Waals surface area contributed by atoms with Crippen LogP contribution in [0.25, 0.3) is 10.8 Å². The van der Waals surface area contributed by atoms with Gasteiger partial charge in [0, 0.05) is 56.2 Å². The molecule has 2 aromatic carbocycles. The van der Waals surface area contributed by atoms with Crippen molar-refractivity contribution in [1.82, 2.24) is 20.0 Å². The molecule has 3 aromatic rings. The molecule has 1 aliphatic heterocycles. The van der Waals surface area contributed by atoms with Crippen LogP contribution in [0.3, 0.4) is 0 Å². The maximum Gasteiger partial charge on any atom is 0.298 e. The lowest BCUT2D eigenvalue weighted by atomic mass is 9.44. The summed E-state index contributed by atoms with van der Waals surface area (Å²) in [5.41, 5.74) is -0.477. The van der Waals surface area contributed by atoms with Crippen molar-refractivity contribution in [1.29, 1.82) is 0 Å². The van der Waals surface area contributed by atoms with Crippen molar-refractivity contribution >= 4 is 28.4 Å². The number of benzene rings is 2. The molecule has 0 bridgehead atoms. The fraction of sp³-hybridized carbons (Fsp3) is 0.548. The Bertz CT molecular complexity index is 2080. The van der Waals surface area contributed by atoms with Gasteiger partial charge in [0.15, 0.2) is 0 Å². The Kier molecular flexibility index (Phi) is 8.64. The first-order chi connectivity index (χ1) is 24.9. The van der Waals surface area contributed by atoms with Crippen molar-refractivity contribution in [2.24, 2.45) is 34.5 Å². The number of hydrogen-bond donors (Lipinski definition) is 2. The van der Waals surface area contributed by atoms with E-state index in [0.717, 1.165) is 44.9 Å². The standard InChI is InChI=1S/C42H47FN4O5/c1-40-15-11-28(48)25-27(40)8-9-31-33(40)12-16-41(2)34(31)13-17-42(41,52)18-14-37(49)46-19-21-47(22-20-46)39(51)32-23-26(7-10-35(32)43)24-36-29-5-3-4-6-30(29)38(50)45-44-36/h3-7,10,23,27,31,33-34,52H,8-9,11-13,15-17,19-22,24-25H2,1-2H3,(H,45,50)/t27-,31+,33-,34-,40-,41-,42+/m0/s1. The van der Waals surface area contributed by atoms with Gasteiger partial charge in [0.25, 0.3) is 17.4 Å². The predicted molar refractivity (Wildman–Crippen MR) is 194 cm³/mol. The number of H-pyrrole nitrogens is 1. The number of hydrogen-bond acceptors (Lipinski definition) is 6. The van der Waals surface area contributed by atoms with Gasteiger partial charge >= 0.3 is 0 Å². The minimum absolute atomic E-state index is 0.0498. The SMILES string of the molecule is C[C@]12CCC(=O)C[C@@H]1CC[C@@H]1[C@@H]2CC[C@@]2(C)[C@H]1CC[C@@]2(O)C#CC(=O)N1CCN(C(=O)c2cc(Cc3n[nH]c(=O)c4ccccc34)ccc2F)CC1. The van der Waals surface area contributed by atoms with Crippen LogP contribution in [0.4, 0.5) is 4.39 Å². The Balaban J connectivity index is 0.908. The quantitative estimate of drug-likeness (QED) is 0.358. The second kappa shape index (κ2) is 12.9. The summed E-state index contributed by atoms with van der Waals surface area (Å²) >= 11 is 0. The van der Waals surface area contributed by atoms with E-state index in [2.05, 4.69) is 35.9 Å². The van der Waals surface area contributed by atoms with Crippen LogP contribution in [-0.2, 0) is 16.0 Å². The third-order valence-electron chi connectivity index (χ3n) is 14.3. The van der Waals surface area contributed by atoms with Crippen LogP contribution in [0, 0.1) is 52.2 Å². The summed E-state index contributed by atoms with van der Waals surface area (Å²) in [5.74, 6) is 6.77.